The summed E-state index contributed by atoms with van der Waals surface area (Å²) in [5, 5.41) is 0. The van der Waals surface area contributed by atoms with Crippen LogP contribution in [0.2, 0.25) is 0 Å². The van der Waals surface area contributed by atoms with Crippen LogP contribution in [0.25, 0.3) is 0 Å². The summed E-state index contributed by atoms with van der Waals surface area (Å²) in [5.41, 5.74) is 0.885. The highest BCUT2D eigenvalue weighted by Crippen LogP contribution is 2.38. The molecule has 0 heterocycles. The molecule has 0 N–H and O–H groups in total. The van der Waals surface area contributed by atoms with Crippen LogP contribution in [-0.4, -0.2) is 0 Å². The lowest BCUT2D eigenvalue weighted by molar-refractivity contribution is 0.121. The summed E-state index contributed by atoms with van der Waals surface area (Å²) in [6.07, 6.45) is 0. The first-order chi connectivity index (χ1) is 7.71. The Bertz CT molecular complexity index is 175. The zero-order valence-electron chi connectivity index (χ0n) is 15.3. The Morgan fingerprint density at radius 1 is 0.500 bits per heavy atom. The van der Waals surface area contributed by atoms with Crippen LogP contribution in [0.15, 0.2) is 0 Å². The fraction of sp³-hybridized carbons (Fsp3) is 1.00. The molecule has 0 aromatic rings. The van der Waals surface area contributed by atoms with Crippen molar-refractivity contribution in [1.29, 1.82) is 0 Å². The van der Waals surface area contributed by atoms with Crippen LogP contribution in [0.3, 0.4) is 0 Å². The van der Waals surface area contributed by atoms with Crippen molar-refractivity contribution in [2.24, 2.45) is 34.5 Å². The summed E-state index contributed by atoms with van der Waals surface area (Å²) >= 11 is 0. The van der Waals surface area contributed by atoms with Gasteiger partial charge in [0, 0.05) is 0 Å². The Labute approximate surface area is 118 Å². The van der Waals surface area contributed by atoms with E-state index in [9.17, 15) is 0 Å². The van der Waals surface area contributed by atoms with Gasteiger partial charge in [0.25, 0.3) is 0 Å². The maximum absolute atomic E-state index is 2.33. The van der Waals surface area contributed by atoms with Crippen molar-refractivity contribution in [2.45, 2.75) is 83.1 Å². The third-order valence-electron chi connectivity index (χ3n) is 4.70. The number of rotatable bonds is 2. The van der Waals surface area contributed by atoms with Crippen molar-refractivity contribution >= 4 is 0 Å². The second kappa shape index (κ2) is 7.56. The van der Waals surface area contributed by atoms with E-state index in [0.717, 1.165) is 23.7 Å². The van der Waals surface area contributed by atoms with E-state index in [1.807, 2.05) is 0 Å². The van der Waals surface area contributed by atoms with Crippen molar-refractivity contribution < 1.29 is 0 Å². The van der Waals surface area contributed by atoms with Gasteiger partial charge in [-0.15, -0.1) is 0 Å². The molecule has 0 fully saturated rings. The molecule has 0 unspecified atom stereocenters. The highest BCUT2D eigenvalue weighted by atomic mass is 14.4. The first-order valence-electron chi connectivity index (χ1n) is 7.71. The topological polar surface area (TPSA) is 0 Å². The lowest BCUT2D eigenvalue weighted by atomic mass is 9.68. The Morgan fingerprint density at radius 3 is 0.722 bits per heavy atom. The first-order valence-corrected chi connectivity index (χ1v) is 7.71. The molecule has 0 heteroatoms. The molecule has 0 radical (unpaired) electrons. The van der Waals surface area contributed by atoms with E-state index in [-0.39, 0.29) is 0 Å². The molecule has 0 aliphatic heterocycles. The SMILES string of the molecule is CC(C(C)(C)C)C(C)(C)C.CC(C)C(C)C(C)C. The maximum atomic E-state index is 2.33. The van der Waals surface area contributed by atoms with E-state index in [4.69, 9.17) is 0 Å². The molecule has 0 amide bonds. The number of hydrogen-bond acceptors (Lipinski definition) is 0. The average Bonchev–Trinajstić information content (AvgIpc) is 2.13. The van der Waals surface area contributed by atoms with Crippen LogP contribution in [0.4, 0.5) is 0 Å². The standard InChI is InChI=1S/C10H22.C8H18/c1-8(9(2,3)4)10(5,6)7;1-6(2)8(5)7(3)4/h8H,1-7H3;6-8H,1-5H3. The third kappa shape index (κ3) is 9.00. The summed E-state index contributed by atoms with van der Waals surface area (Å²) in [6.45, 7) is 27.6. The minimum Gasteiger partial charge on any atom is -0.0625 e. The molecule has 0 aromatic carbocycles. The monoisotopic (exact) mass is 256 g/mol. The van der Waals surface area contributed by atoms with Gasteiger partial charge in [0.15, 0.2) is 0 Å². The van der Waals surface area contributed by atoms with Gasteiger partial charge in [-0.25, -0.2) is 0 Å². The van der Waals surface area contributed by atoms with Gasteiger partial charge in [-0.2, -0.15) is 0 Å². The Kier molecular flexibility index (Phi) is 8.53. The fourth-order valence-electron chi connectivity index (χ4n) is 2.07. The van der Waals surface area contributed by atoms with Crippen LogP contribution in [-0.2, 0) is 0 Å². The molecule has 112 valence electrons. The van der Waals surface area contributed by atoms with Crippen LogP contribution in [0.1, 0.15) is 83.1 Å². The lowest BCUT2D eigenvalue weighted by Gasteiger charge is -2.38. The minimum atomic E-state index is 0.443. The molecule has 0 atom stereocenters. The minimum absolute atomic E-state index is 0.443. The average molecular weight is 257 g/mol. The number of hydrogen-bond donors (Lipinski definition) is 0. The van der Waals surface area contributed by atoms with E-state index in [2.05, 4.69) is 83.1 Å². The third-order valence-corrected chi connectivity index (χ3v) is 4.70. The highest BCUT2D eigenvalue weighted by Gasteiger charge is 2.30. The first kappa shape index (κ1) is 20.3. The zero-order valence-corrected chi connectivity index (χ0v) is 15.3. The maximum Gasteiger partial charge on any atom is -0.0345 e. The molecule has 0 aliphatic rings. The van der Waals surface area contributed by atoms with Crippen LogP contribution >= 0.6 is 0 Å². The van der Waals surface area contributed by atoms with E-state index >= 15 is 0 Å². The van der Waals surface area contributed by atoms with E-state index in [0.29, 0.717) is 10.8 Å². The van der Waals surface area contributed by atoms with Gasteiger partial charge < -0.3 is 0 Å². The van der Waals surface area contributed by atoms with Gasteiger partial charge >= 0.3 is 0 Å². The van der Waals surface area contributed by atoms with Crippen molar-refractivity contribution in [2.75, 3.05) is 0 Å². The molecule has 0 spiro atoms. The summed E-state index contributed by atoms with van der Waals surface area (Å²) in [4.78, 5) is 0. The molecular weight excluding hydrogens is 216 g/mol. The van der Waals surface area contributed by atoms with E-state index < -0.39 is 0 Å². The molecule has 0 rings (SSSR count). The highest BCUT2D eigenvalue weighted by molar-refractivity contribution is 4.79. The molecular formula is C18H40. The predicted molar refractivity (Wildman–Crippen MR) is 86.9 cm³/mol. The summed E-state index contributed by atoms with van der Waals surface area (Å²) < 4.78 is 0. The van der Waals surface area contributed by atoms with Crippen LogP contribution in [0.5, 0.6) is 0 Å². The Morgan fingerprint density at radius 2 is 0.722 bits per heavy atom. The largest absolute Gasteiger partial charge is 0.0625 e. The van der Waals surface area contributed by atoms with Gasteiger partial charge in [0.05, 0.1) is 0 Å². The smallest absolute Gasteiger partial charge is 0.0345 e. The van der Waals surface area contributed by atoms with Gasteiger partial charge in [0.2, 0.25) is 0 Å². The van der Waals surface area contributed by atoms with Crippen molar-refractivity contribution in [3.05, 3.63) is 0 Å². The van der Waals surface area contributed by atoms with Gasteiger partial charge in [-0.3, -0.25) is 0 Å². The summed E-state index contributed by atoms with van der Waals surface area (Å²) in [7, 11) is 0. The molecule has 0 bridgehead atoms. The summed E-state index contributed by atoms with van der Waals surface area (Å²) in [5.74, 6) is 3.32. The van der Waals surface area contributed by atoms with Gasteiger partial charge in [-0.05, 0) is 34.5 Å². The second-order valence-corrected chi connectivity index (χ2v) is 8.80. The quantitative estimate of drug-likeness (QED) is 0.519. The molecule has 0 saturated carbocycles. The van der Waals surface area contributed by atoms with E-state index in [1.165, 1.54) is 0 Å². The predicted octanol–water partition coefficient (Wildman–Crippen LogP) is 6.65. The molecule has 0 aliphatic carbocycles. The van der Waals surface area contributed by atoms with Crippen LogP contribution < -0.4 is 0 Å². The van der Waals surface area contributed by atoms with Gasteiger partial charge in [0.1, 0.15) is 0 Å². The molecule has 0 saturated heterocycles. The summed E-state index contributed by atoms with van der Waals surface area (Å²) in [6, 6.07) is 0. The molecule has 0 aromatic heterocycles. The Hall–Kier alpha value is 0. The molecule has 0 nitrogen and oxygen atoms in total. The normalized spacial score (nSPS) is 13.3. The Balaban J connectivity index is 0. The van der Waals surface area contributed by atoms with Crippen molar-refractivity contribution in [1.82, 2.24) is 0 Å². The van der Waals surface area contributed by atoms with Gasteiger partial charge in [-0.1, -0.05) is 83.1 Å². The molecule has 18 heavy (non-hydrogen) atoms. The van der Waals surface area contributed by atoms with Crippen molar-refractivity contribution in [3.63, 3.8) is 0 Å². The zero-order chi connectivity index (χ0) is 15.3. The van der Waals surface area contributed by atoms with E-state index in [1.54, 1.807) is 0 Å². The second-order valence-electron chi connectivity index (χ2n) is 8.80. The fourth-order valence-corrected chi connectivity index (χ4v) is 2.07. The lowest BCUT2D eigenvalue weighted by Crippen LogP contribution is -2.29. The van der Waals surface area contributed by atoms with Crippen molar-refractivity contribution in [3.8, 4) is 0 Å². The van der Waals surface area contributed by atoms with Crippen LogP contribution in [0, 0.1) is 34.5 Å².